The molecule has 0 bridgehead atoms. The van der Waals surface area contributed by atoms with Crippen LogP contribution in [0.25, 0.3) is 93.8 Å². The largest absolute Gasteiger partial charge is 0.456 e. The van der Waals surface area contributed by atoms with Gasteiger partial charge in [0.1, 0.15) is 17.0 Å². The van der Waals surface area contributed by atoms with Crippen molar-refractivity contribution in [1.82, 2.24) is 14.1 Å². The Kier molecular flexibility index (Phi) is 5.52. The predicted molar refractivity (Wildman–Crippen MR) is 195 cm³/mol. The Balaban J connectivity index is 1.22. The van der Waals surface area contributed by atoms with Crippen LogP contribution in [-0.2, 0) is 6.54 Å². The Bertz CT molecular complexity index is 2830. The van der Waals surface area contributed by atoms with Gasteiger partial charge >= 0.3 is 0 Å². The van der Waals surface area contributed by atoms with E-state index in [0.29, 0.717) is 0 Å². The molecule has 0 aliphatic rings. The molecular weight excluding hydrogens is 574 g/mol. The first kappa shape index (κ1) is 26.1. The third-order valence-corrected chi connectivity index (χ3v) is 9.71. The van der Waals surface area contributed by atoms with Crippen LogP contribution in [0.15, 0.2) is 150 Å². The Labute approximate surface area is 270 Å². The zero-order valence-corrected chi connectivity index (χ0v) is 25.8. The zero-order valence-electron chi connectivity index (χ0n) is 25.8. The second kappa shape index (κ2) is 9.93. The summed E-state index contributed by atoms with van der Waals surface area (Å²) < 4.78 is 11.1. The fourth-order valence-electron chi connectivity index (χ4n) is 7.62. The molecule has 0 aliphatic carbocycles. The van der Waals surface area contributed by atoms with Gasteiger partial charge in [0.15, 0.2) is 0 Å². The fourth-order valence-corrected chi connectivity index (χ4v) is 7.62. The maximum atomic E-state index is 6.44. The molecule has 4 heteroatoms. The van der Waals surface area contributed by atoms with Crippen molar-refractivity contribution < 1.29 is 4.42 Å². The molecule has 0 amide bonds. The minimum absolute atomic E-state index is 0.832. The lowest BCUT2D eigenvalue weighted by Gasteiger charge is -2.09. The van der Waals surface area contributed by atoms with Crippen molar-refractivity contribution in [3.05, 3.63) is 146 Å². The first-order valence-corrected chi connectivity index (χ1v) is 16.2. The van der Waals surface area contributed by atoms with Crippen molar-refractivity contribution in [3.8, 4) is 28.2 Å². The van der Waals surface area contributed by atoms with Gasteiger partial charge < -0.3 is 13.6 Å². The molecule has 3 heterocycles. The van der Waals surface area contributed by atoms with Gasteiger partial charge in [0.25, 0.3) is 0 Å². The first-order valence-electron chi connectivity index (χ1n) is 16.2. The highest BCUT2D eigenvalue weighted by Crippen LogP contribution is 2.41. The Morgan fingerprint density at radius 3 is 2.21 bits per heavy atom. The van der Waals surface area contributed by atoms with Gasteiger partial charge in [-0.1, -0.05) is 84.9 Å². The zero-order chi connectivity index (χ0) is 31.1. The van der Waals surface area contributed by atoms with Crippen molar-refractivity contribution in [2.45, 2.75) is 13.5 Å². The summed E-state index contributed by atoms with van der Waals surface area (Å²) in [4.78, 5) is 5.11. The van der Waals surface area contributed by atoms with E-state index in [1.807, 2.05) is 0 Å². The average Bonchev–Trinajstić information content (AvgIpc) is 3.80. The van der Waals surface area contributed by atoms with E-state index in [-0.39, 0.29) is 0 Å². The van der Waals surface area contributed by atoms with E-state index >= 15 is 0 Å². The molecule has 3 aromatic heterocycles. The summed E-state index contributed by atoms with van der Waals surface area (Å²) in [6, 6.07) is 52.0. The van der Waals surface area contributed by atoms with Gasteiger partial charge in [-0.05, 0) is 89.5 Å². The van der Waals surface area contributed by atoms with Crippen molar-refractivity contribution in [1.29, 1.82) is 0 Å². The summed E-state index contributed by atoms with van der Waals surface area (Å²) in [5.74, 6) is 0.967. The van der Waals surface area contributed by atoms with Gasteiger partial charge in [-0.2, -0.15) is 0 Å². The summed E-state index contributed by atoms with van der Waals surface area (Å²) in [6.07, 6.45) is 0. The van der Waals surface area contributed by atoms with E-state index in [4.69, 9.17) is 9.40 Å². The van der Waals surface area contributed by atoms with E-state index in [2.05, 4.69) is 162 Å². The lowest BCUT2D eigenvalue weighted by Crippen LogP contribution is -1.97. The van der Waals surface area contributed by atoms with Crippen LogP contribution in [0.1, 0.15) is 6.92 Å². The number of fused-ring (bicyclic) bond motifs is 9. The molecule has 47 heavy (non-hydrogen) atoms. The van der Waals surface area contributed by atoms with Gasteiger partial charge in [0.2, 0.25) is 0 Å². The number of benzene rings is 7. The van der Waals surface area contributed by atoms with E-state index < -0.39 is 0 Å². The molecule has 0 N–H and O–H groups in total. The number of aromatic nitrogens is 3. The minimum atomic E-state index is 0.832. The second-order valence-electron chi connectivity index (χ2n) is 12.2. The van der Waals surface area contributed by atoms with Gasteiger partial charge in [-0.15, -0.1) is 0 Å². The summed E-state index contributed by atoms with van der Waals surface area (Å²) >= 11 is 0. The maximum absolute atomic E-state index is 6.44. The monoisotopic (exact) mass is 603 g/mol. The summed E-state index contributed by atoms with van der Waals surface area (Å²) in [5.41, 5.74) is 10.9. The first-order chi connectivity index (χ1) is 23.3. The molecular formula is C43H29N3O. The molecule has 4 nitrogen and oxygen atoms in total. The molecule has 7 aromatic carbocycles. The molecule has 10 rings (SSSR count). The average molecular weight is 604 g/mol. The number of para-hydroxylation sites is 3. The van der Waals surface area contributed by atoms with Crippen LogP contribution in [0.5, 0.6) is 0 Å². The molecule has 0 saturated heterocycles. The standard InChI is InChI=1S/C43H29N3O/c1-2-45-37-17-9-8-16-35(37)44-43(45)32-15-10-18-40-42(32)34-26-29(21-24-39(34)47-40)28-20-22-36-33(25-28)41-31-14-7-6-11-27(31)19-23-38(41)46(36)30-12-4-3-5-13-30/h3-26H,2H2,1H3. The van der Waals surface area contributed by atoms with Crippen molar-refractivity contribution in [3.63, 3.8) is 0 Å². The molecule has 0 spiro atoms. The van der Waals surface area contributed by atoms with Gasteiger partial charge in [-0.25, -0.2) is 4.98 Å². The third-order valence-electron chi connectivity index (χ3n) is 9.71. The number of hydrogen-bond acceptors (Lipinski definition) is 2. The quantitative estimate of drug-likeness (QED) is 0.201. The summed E-state index contributed by atoms with van der Waals surface area (Å²) in [6.45, 7) is 3.01. The van der Waals surface area contributed by atoms with Gasteiger partial charge in [-0.3, -0.25) is 0 Å². The molecule has 222 valence electrons. The maximum Gasteiger partial charge on any atom is 0.141 e. The third kappa shape index (κ3) is 3.79. The summed E-state index contributed by atoms with van der Waals surface area (Å²) in [5, 5.41) is 7.23. The number of imidazole rings is 1. The van der Waals surface area contributed by atoms with Crippen LogP contribution >= 0.6 is 0 Å². The van der Waals surface area contributed by atoms with E-state index in [1.165, 1.54) is 38.1 Å². The number of nitrogens with zero attached hydrogens (tertiary/aromatic N) is 3. The SMILES string of the molecule is CCn1c(-c2cccc3oc4ccc(-c5ccc6c(c5)c5c7ccccc7ccc5n6-c5ccccc5)cc4c23)nc2ccccc21. The highest BCUT2D eigenvalue weighted by molar-refractivity contribution is 6.22. The molecule has 0 radical (unpaired) electrons. The summed E-state index contributed by atoms with van der Waals surface area (Å²) in [7, 11) is 0. The van der Waals surface area contributed by atoms with Crippen molar-refractivity contribution >= 4 is 65.6 Å². The number of hydrogen-bond donors (Lipinski definition) is 0. The second-order valence-corrected chi connectivity index (χ2v) is 12.2. The van der Waals surface area contributed by atoms with Crippen molar-refractivity contribution in [2.75, 3.05) is 0 Å². The Morgan fingerprint density at radius 2 is 1.32 bits per heavy atom. The molecule has 0 fully saturated rings. The lowest BCUT2D eigenvalue weighted by molar-refractivity contribution is 0.669. The minimum Gasteiger partial charge on any atom is -0.456 e. The van der Waals surface area contributed by atoms with Crippen LogP contribution < -0.4 is 0 Å². The highest BCUT2D eigenvalue weighted by atomic mass is 16.3. The van der Waals surface area contributed by atoms with E-state index in [9.17, 15) is 0 Å². The number of aryl methyl sites for hydroxylation is 1. The highest BCUT2D eigenvalue weighted by Gasteiger charge is 2.20. The van der Waals surface area contributed by atoms with Crippen LogP contribution in [-0.4, -0.2) is 14.1 Å². The van der Waals surface area contributed by atoms with Crippen molar-refractivity contribution in [2.24, 2.45) is 0 Å². The lowest BCUT2D eigenvalue weighted by atomic mass is 9.98. The van der Waals surface area contributed by atoms with Crippen LogP contribution in [0, 0.1) is 0 Å². The van der Waals surface area contributed by atoms with Crippen LogP contribution in [0.3, 0.4) is 0 Å². The Hall–Kier alpha value is -6.13. The van der Waals surface area contributed by atoms with Gasteiger partial charge in [0.05, 0.1) is 22.1 Å². The molecule has 0 aliphatic heterocycles. The fraction of sp³-hybridized carbons (Fsp3) is 0.0465. The van der Waals surface area contributed by atoms with E-state index in [1.54, 1.807) is 0 Å². The van der Waals surface area contributed by atoms with Crippen LogP contribution in [0.4, 0.5) is 0 Å². The molecule has 0 atom stereocenters. The molecule has 10 aromatic rings. The molecule has 0 unspecified atom stereocenters. The smallest absolute Gasteiger partial charge is 0.141 e. The number of rotatable bonds is 4. The topological polar surface area (TPSA) is 35.9 Å². The number of furan rings is 1. The normalized spacial score (nSPS) is 12.0. The predicted octanol–water partition coefficient (Wildman–Crippen LogP) is 11.5. The molecule has 0 saturated carbocycles. The van der Waals surface area contributed by atoms with Crippen LogP contribution in [0.2, 0.25) is 0 Å². The van der Waals surface area contributed by atoms with Gasteiger partial charge in [0, 0.05) is 39.3 Å². The van der Waals surface area contributed by atoms with E-state index in [0.717, 1.165) is 62.2 Å². The Morgan fingerprint density at radius 1 is 0.553 bits per heavy atom.